The molecule has 0 aliphatic carbocycles. The predicted octanol–water partition coefficient (Wildman–Crippen LogP) is 9.50. The first-order valence-corrected chi connectivity index (χ1v) is 14.2. The molecule has 0 heterocycles. The first-order chi connectivity index (χ1) is 16.2. The van der Waals surface area contributed by atoms with Gasteiger partial charge in [-0.15, -0.1) is 0 Å². The number of rotatable bonds is 19. The van der Waals surface area contributed by atoms with Crippen LogP contribution in [0.4, 0.5) is 0 Å². The Labute approximate surface area is 210 Å². The van der Waals surface area contributed by atoms with Gasteiger partial charge in [0, 0.05) is 0 Å². The zero-order valence-corrected chi connectivity index (χ0v) is 23.1. The Bertz CT molecular complexity index is 687. The number of aliphatic carboxylic acids is 1. The standard InChI is InChI=1S/C31H54O3/c1-6-7-8-9-10-11-12-13-14-15-16-17-18-19-20-21-27(30(33)34)23-26-22-25(2)29(32)28(24-26)31(3,4)5/h22,24,27,32H,6-21,23H2,1-5H3,(H,33,34). The normalized spacial score (nSPS) is 12.7. The average molecular weight is 475 g/mol. The summed E-state index contributed by atoms with van der Waals surface area (Å²) in [4.78, 5) is 11.9. The molecule has 0 radical (unpaired) electrons. The second kappa shape index (κ2) is 17.0. The molecule has 196 valence electrons. The van der Waals surface area contributed by atoms with E-state index < -0.39 is 5.97 Å². The molecule has 1 rings (SSSR count). The maximum absolute atomic E-state index is 11.9. The third kappa shape index (κ3) is 12.8. The molecule has 3 heteroatoms. The van der Waals surface area contributed by atoms with Crippen LogP contribution in [0.15, 0.2) is 12.1 Å². The fourth-order valence-corrected chi connectivity index (χ4v) is 4.90. The molecule has 0 aliphatic rings. The molecule has 0 aromatic heterocycles. The summed E-state index contributed by atoms with van der Waals surface area (Å²) in [5.74, 6) is -0.710. The van der Waals surface area contributed by atoms with E-state index in [9.17, 15) is 15.0 Å². The van der Waals surface area contributed by atoms with E-state index in [0.29, 0.717) is 12.2 Å². The average Bonchev–Trinajstić information content (AvgIpc) is 2.76. The lowest BCUT2D eigenvalue weighted by Crippen LogP contribution is -2.18. The molecule has 34 heavy (non-hydrogen) atoms. The van der Waals surface area contributed by atoms with E-state index in [1.165, 1.54) is 83.5 Å². The van der Waals surface area contributed by atoms with Gasteiger partial charge in [-0.2, -0.15) is 0 Å². The highest BCUT2D eigenvalue weighted by Crippen LogP contribution is 2.35. The van der Waals surface area contributed by atoms with E-state index in [0.717, 1.165) is 36.0 Å². The number of carbonyl (C=O) groups is 1. The Balaban J connectivity index is 2.21. The number of hydrogen-bond donors (Lipinski definition) is 2. The summed E-state index contributed by atoms with van der Waals surface area (Å²) in [5.41, 5.74) is 2.59. The summed E-state index contributed by atoms with van der Waals surface area (Å²) in [6.45, 7) is 10.4. The van der Waals surface area contributed by atoms with Gasteiger partial charge in [-0.3, -0.25) is 4.79 Å². The van der Waals surface area contributed by atoms with Gasteiger partial charge in [0.2, 0.25) is 0 Å². The Morgan fingerprint density at radius 3 is 1.65 bits per heavy atom. The fourth-order valence-electron chi connectivity index (χ4n) is 4.90. The molecular weight excluding hydrogens is 420 g/mol. The van der Waals surface area contributed by atoms with Crippen molar-refractivity contribution in [1.82, 2.24) is 0 Å². The van der Waals surface area contributed by atoms with Gasteiger partial charge in [0.15, 0.2) is 0 Å². The first-order valence-electron chi connectivity index (χ1n) is 14.2. The summed E-state index contributed by atoms with van der Waals surface area (Å²) in [6.07, 6.45) is 21.1. The minimum absolute atomic E-state index is 0.169. The quantitative estimate of drug-likeness (QED) is 0.196. The molecule has 0 fully saturated rings. The van der Waals surface area contributed by atoms with Crippen molar-refractivity contribution in [2.24, 2.45) is 5.92 Å². The van der Waals surface area contributed by atoms with Crippen LogP contribution >= 0.6 is 0 Å². The molecule has 1 unspecified atom stereocenters. The van der Waals surface area contributed by atoms with Crippen LogP contribution in [-0.2, 0) is 16.6 Å². The maximum Gasteiger partial charge on any atom is 0.306 e. The van der Waals surface area contributed by atoms with Gasteiger partial charge in [-0.1, -0.05) is 136 Å². The van der Waals surface area contributed by atoms with Crippen LogP contribution in [-0.4, -0.2) is 16.2 Å². The summed E-state index contributed by atoms with van der Waals surface area (Å²) in [7, 11) is 0. The SMILES string of the molecule is CCCCCCCCCCCCCCCCCC(Cc1cc(C)c(O)c(C(C)(C)C)c1)C(=O)O. The molecule has 0 saturated heterocycles. The van der Waals surface area contributed by atoms with Gasteiger partial charge in [-0.25, -0.2) is 0 Å². The van der Waals surface area contributed by atoms with Crippen molar-refractivity contribution < 1.29 is 15.0 Å². The smallest absolute Gasteiger partial charge is 0.306 e. The largest absolute Gasteiger partial charge is 0.507 e. The summed E-state index contributed by atoms with van der Waals surface area (Å²) in [5, 5.41) is 20.2. The monoisotopic (exact) mass is 474 g/mol. The minimum Gasteiger partial charge on any atom is -0.507 e. The third-order valence-corrected chi connectivity index (χ3v) is 7.16. The number of aryl methyl sites for hydroxylation is 1. The Morgan fingerprint density at radius 2 is 1.24 bits per heavy atom. The number of carboxylic acid groups (broad SMARTS) is 1. The van der Waals surface area contributed by atoms with Crippen molar-refractivity contribution in [3.8, 4) is 5.75 Å². The summed E-state index contributed by atoms with van der Waals surface area (Å²) < 4.78 is 0. The van der Waals surface area contributed by atoms with E-state index in [-0.39, 0.29) is 11.3 Å². The minimum atomic E-state index is -0.701. The molecule has 0 aliphatic heterocycles. The van der Waals surface area contributed by atoms with Gasteiger partial charge in [-0.05, 0) is 41.9 Å². The number of benzene rings is 1. The van der Waals surface area contributed by atoms with Crippen LogP contribution in [0.25, 0.3) is 0 Å². The molecule has 1 atom stereocenters. The molecule has 0 bridgehead atoms. The van der Waals surface area contributed by atoms with Crippen molar-refractivity contribution in [3.05, 3.63) is 28.8 Å². The van der Waals surface area contributed by atoms with Gasteiger partial charge in [0.25, 0.3) is 0 Å². The van der Waals surface area contributed by atoms with Gasteiger partial charge in [0.05, 0.1) is 5.92 Å². The Kier molecular flexibility index (Phi) is 15.3. The molecule has 0 saturated carbocycles. The number of aromatic hydroxyl groups is 1. The lowest BCUT2D eigenvalue weighted by atomic mass is 9.82. The van der Waals surface area contributed by atoms with Gasteiger partial charge < -0.3 is 10.2 Å². The van der Waals surface area contributed by atoms with E-state index in [2.05, 4.69) is 27.7 Å². The van der Waals surface area contributed by atoms with Crippen LogP contribution in [0.3, 0.4) is 0 Å². The highest BCUT2D eigenvalue weighted by Gasteiger charge is 2.23. The summed E-state index contributed by atoms with van der Waals surface area (Å²) >= 11 is 0. The van der Waals surface area contributed by atoms with E-state index in [1.807, 2.05) is 19.1 Å². The third-order valence-electron chi connectivity index (χ3n) is 7.16. The highest BCUT2D eigenvalue weighted by molar-refractivity contribution is 5.70. The zero-order chi connectivity index (χ0) is 25.4. The second-order valence-electron chi connectivity index (χ2n) is 11.5. The zero-order valence-electron chi connectivity index (χ0n) is 23.1. The van der Waals surface area contributed by atoms with E-state index in [4.69, 9.17) is 0 Å². The molecule has 2 N–H and O–H groups in total. The van der Waals surface area contributed by atoms with E-state index in [1.54, 1.807) is 0 Å². The number of carboxylic acids is 1. The van der Waals surface area contributed by atoms with Crippen molar-refractivity contribution in [2.75, 3.05) is 0 Å². The molecule has 3 nitrogen and oxygen atoms in total. The molecule has 1 aromatic rings. The van der Waals surface area contributed by atoms with Crippen molar-refractivity contribution in [2.45, 2.75) is 149 Å². The highest BCUT2D eigenvalue weighted by atomic mass is 16.4. The fraction of sp³-hybridized carbons (Fsp3) is 0.774. The number of phenols is 1. The van der Waals surface area contributed by atoms with Crippen LogP contribution in [0.1, 0.15) is 147 Å². The van der Waals surface area contributed by atoms with E-state index >= 15 is 0 Å². The van der Waals surface area contributed by atoms with Crippen LogP contribution < -0.4 is 0 Å². The van der Waals surface area contributed by atoms with Crippen molar-refractivity contribution in [1.29, 1.82) is 0 Å². The van der Waals surface area contributed by atoms with Crippen LogP contribution in [0, 0.1) is 12.8 Å². The first kappa shape index (κ1) is 30.5. The topological polar surface area (TPSA) is 57.5 Å². The number of hydrogen-bond acceptors (Lipinski definition) is 2. The van der Waals surface area contributed by atoms with Crippen LogP contribution in [0.5, 0.6) is 5.75 Å². The number of phenolic OH excluding ortho intramolecular Hbond substituents is 1. The van der Waals surface area contributed by atoms with Crippen molar-refractivity contribution in [3.63, 3.8) is 0 Å². The second-order valence-corrected chi connectivity index (χ2v) is 11.5. The molecule has 0 spiro atoms. The Morgan fingerprint density at radius 1 is 0.794 bits per heavy atom. The van der Waals surface area contributed by atoms with Crippen LogP contribution in [0.2, 0.25) is 0 Å². The predicted molar refractivity (Wildman–Crippen MR) is 146 cm³/mol. The molecular formula is C31H54O3. The number of unbranched alkanes of at least 4 members (excludes halogenated alkanes) is 14. The molecule has 0 amide bonds. The van der Waals surface area contributed by atoms with Gasteiger partial charge >= 0.3 is 5.97 Å². The van der Waals surface area contributed by atoms with Crippen molar-refractivity contribution >= 4 is 5.97 Å². The van der Waals surface area contributed by atoms with Gasteiger partial charge in [0.1, 0.15) is 5.75 Å². The maximum atomic E-state index is 11.9. The molecule has 1 aromatic carbocycles. The Hall–Kier alpha value is -1.51. The lowest BCUT2D eigenvalue weighted by molar-refractivity contribution is -0.142. The lowest BCUT2D eigenvalue weighted by Gasteiger charge is -2.23. The summed E-state index contributed by atoms with van der Waals surface area (Å²) in [6, 6.07) is 3.96.